The predicted octanol–water partition coefficient (Wildman–Crippen LogP) is 1.60. The topological polar surface area (TPSA) is 68.2 Å². The molecule has 1 aliphatic heterocycles. The third kappa shape index (κ3) is 23.3. The zero-order valence-electron chi connectivity index (χ0n) is 13.1. The molecule has 0 aromatic heterocycles. The summed E-state index contributed by atoms with van der Waals surface area (Å²) in [5, 5.41) is 16.0. The summed E-state index contributed by atoms with van der Waals surface area (Å²) in [6.45, 7) is 9.81. The van der Waals surface area contributed by atoms with Gasteiger partial charge in [-0.2, -0.15) is 0 Å². The highest BCUT2D eigenvalue weighted by atomic mass is 16.5. The van der Waals surface area contributed by atoms with E-state index >= 15 is 0 Å². The van der Waals surface area contributed by atoms with Crippen LogP contribution >= 0.6 is 0 Å². The van der Waals surface area contributed by atoms with Crippen LogP contribution in [0.1, 0.15) is 40.5 Å². The van der Waals surface area contributed by atoms with Crippen molar-refractivity contribution in [2.24, 2.45) is 0 Å². The largest absolute Gasteiger partial charge is 0.394 e. The number of ether oxygens (including phenoxy) is 3. The highest BCUT2D eigenvalue weighted by molar-refractivity contribution is 4.63. The molecule has 2 N–H and O–H groups in total. The van der Waals surface area contributed by atoms with Crippen LogP contribution in [0.25, 0.3) is 0 Å². The van der Waals surface area contributed by atoms with Gasteiger partial charge in [0.25, 0.3) is 0 Å². The molecule has 0 aromatic carbocycles. The van der Waals surface area contributed by atoms with E-state index in [4.69, 9.17) is 19.7 Å². The Morgan fingerprint density at radius 2 is 1.84 bits per heavy atom. The molecule has 0 aliphatic carbocycles. The molecular weight excluding hydrogens is 248 g/mol. The maximum atomic E-state index is 8.06. The van der Waals surface area contributed by atoms with Crippen molar-refractivity contribution in [3.63, 3.8) is 0 Å². The summed E-state index contributed by atoms with van der Waals surface area (Å²) >= 11 is 0. The Bertz CT molecular complexity index is 151. The molecule has 1 fully saturated rings. The van der Waals surface area contributed by atoms with Crippen LogP contribution in [0.2, 0.25) is 0 Å². The summed E-state index contributed by atoms with van der Waals surface area (Å²) in [4.78, 5) is 0. The van der Waals surface area contributed by atoms with Crippen molar-refractivity contribution >= 4 is 0 Å². The highest BCUT2D eigenvalue weighted by Crippen LogP contribution is 2.12. The van der Waals surface area contributed by atoms with Gasteiger partial charge in [0.2, 0.25) is 0 Å². The lowest BCUT2D eigenvalue weighted by molar-refractivity contribution is -0.00761. The number of aliphatic hydroxyl groups is 2. The van der Waals surface area contributed by atoms with Crippen molar-refractivity contribution in [3.05, 3.63) is 0 Å². The molecule has 5 nitrogen and oxygen atoms in total. The van der Waals surface area contributed by atoms with Crippen molar-refractivity contribution in [1.29, 1.82) is 0 Å². The van der Waals surface area contributed by atoms with Crippen molar-refractivity contribution < 1.29 is 24.4 Å². The zero-order valence-corrected chi connectivity index (χ0v) is 13.1. The quantitative estimate of drug-likeness (QED) is 0.800. The van der Waals surface area contributed by atoms with Crippen molar-refractivity contribution in [2.75, 3.05) is 33.5 Å². The number of hydrogen-bond acceptors (Lipinski definition) is 5. The molecule has 1 saturated heterocycles. The molecule has 5 heteroatoms. The molecule has 19 heavy (non-hydrogen) atoms. The van der Waals surface area contributed by atoms with Crippen LogP contribution in [-0.4, -0.2) is 62.1 Å². The van der Waals surface area contributed by atoms with E-state index in [2.05, 4.69) is 18.6 Å². The fourth-order valence-corrected chi connectivity index (χ4v) is 1.17. The van der Waals surface area contributed by atoms with Crippen molar-refractivity contribution in [3.8, 4) is 0 Å². The summed E-state index contributed by atoms with van der Waals surface area (Å²) in [6, 6.07) is 0. The molecule has 1 aliphatic rings. The number of methoxy groups -OCH3 is 1. The average molecular weight is 280 g/mol. The van der Waals surface area contributed by atoms with Crippen LogP contribution in [0.3, 0.4) is 0 Å². The monoisotopic (exact) mass is 280 g/mol. The molecule has 0 aromatic rings. The van der Waals surface area contributed by atoms with Crippen LogP contribution in [0, 0.1) is 0 Å². The lowest BCUT2D eigenvalue weighted by atomic mass is 10.2. The fourth-order valence-electron chi connectivity index (χ4n) is 1.17. The van der Waals surface area contributed by atoms with Crippen LogP contribution < -0.4 is 0 Å². The Morgan fingerprint density at radius 3 is 2.11 bits per heavy atom. The maximum absolute atomic E-state index is 8.06. The van der Waals surface area contributed by atoms with Gasteiger partial charge < -0.3 is 24.4 Å². The highest BCUT2D eigenvalue weighted by Gasteiger charge is 2.15. The fraction of sp³-hybridized carbons (Fsp3) is 1.00. The Kier molecular flexibility index (Phi) is 17.6. The lowest BCUT2D eigenvalue weighted by Gasteiger charge is -2.11. The number of hydrogen-bond donors (Lipinski definition) is 2. The van der Waals surface area contributed by atoms with Gasteiger partial charge in [0, 0.05) is 19.8 Å². The Morgan fingerprint density at radius 1 is 1.26 bits per heavy atom. The molecule has 0 amide bonds. The summed E-state index contributed by atoms with van der Waals surface area (Å²) in [5.41, 5.74) is 0. The van der Waals surface area contributed by atoms with Gasteiger partial charge >= 0.3 is 0 Å². The molecule has 0 saturated carbocycles. The third-order valence-electron chi connectivity index (χ3n) is 1.93. The van der Waals surface area contributed by atoms with Gasteiger partial charge in [-0.1, -0.05) is 0 Å². The first-order valence-electron chi connectivity index (χ1n) is 6.95. The van der Waals surface area contributed by atoms with Crippen LogP contribution in [0.4, 0.5) is 0 Å². The molecule has 0 bridgehead atoms. The Labute approximate surface area is 117 Å². The second-order valence-corrected chi connectivity index (χ2v) is 4.83. The molecule has 0 spiro atoms. The van der Waals surface area contributed by atoms with E-state index in [9.17, 15) is 0 Å². The normalized spacial score (nSPS) is 17.8. The minimum Gasteiger partial charge on any atom is -0.394 e. The van der Waals surface area contributed by atoms with Gasteiger partial charge in [-0.05, 0) is 40.5 Å². The molecule has 1 heterocycles. The smallest absolute Gasteiger partial charge is 0.0809 e. The summed E-state index contributed by atoms with van der Waals surface area (Å²) in [6.07, 6.45) is 2.92. The van der Waals surface area contributed by atoms with Gasteiger partial charge in [0.1, 0.15) is 0 Å². The third-order valence-corrected chi connectivity index (χ3v) is 1.93. The summed E-state index contributed by atoms with van der Waals surface area (Å²) in [7, 11) is 1.55. The minimum absolute atomic E-state index is 0.122. The average Bonchev–Trinajstić information content (AvgIpc) is 2.80. The van der Waals surface area contributed by atoms with Gasteiger partial charge in [-0.3, -0.25) is 0 Å². The summed E-state index contributed by atoms with van der Waals surface area (Å²) < 4.78 is 15.2. The van der Waals surface area contributed by atoms with Gasteiger partial charge in [0.05, 0.1) is 32.0 Å². The van der Waals surface area contributed by atoms with E-state index in [0.717, 1.165) is 13.2 Å². The second-order valence-electron chi connectivity index (χ2n) is 4.83. The predicted molar refractivity (Wildman–Crippen MR) is 76.4 cm³/mol. The SMILES string of the molecule is CC(C)O.CC(C)OCC1CCCO1.COCCO. The molecule has 118 valence electrons. The van der Waals surface area contributed by atoms with E-state index in [-0.39, 0.29) is 12.7 Å². The van der Waals surface area contributed by atoms with Crippen LogP contribution in [0.15, 0.2) is 0 Å². The van der Waals surface area contributed by atoms with E-state index < -0.39 is 0 Å². The lowest BCUT2D eigenvalue weighted by Crippen LogP contribution is -2.17. The first kappa shape index (κ1) is 21.1. The van der Waals surface area contributed by atoms with Crippen LogP contribution in [0.5, 0.6) is 0 Å². The zero-order chi connectivity index (χ0) is 15.1. The van der Waals surface area contributed by atoms with E-state index in [1.54, 1.807) is 21.0 Å². The first-order valence-corrected chi connectivity index (χ1v) is 6.95. The number of rotatable bonds is 5. The molecule has 1 rings (SSSR count). The molecule has 1 atom stereocenters. The van der Waals surface area contributed by atoms with E-state index in [1.807, 2.05) is 0 Å². The van der Waals surface area contributed by atoms with Gasteiger partial charge in [-0.15, -0.1) is 0 Å². The molecule has 0 radical (unpaired) electrons. The second kappa shape index (κ2) is 15.9. The standard InChI is InChI=1S/C8H16O2.C3H8O2.C3H8O/c1-7(2)10-6-8-4-3-5-9-8;1-5-3-2-4;1-3(2)4/h7-8H,3-6H2,1-2H3;4H,2-3H2,1H3;3-4H,1-2H3. The van der Waals surface area contributed by atoms with Crippen molar-refractivity contribution in [2.45, 2.75) is 58.8 Å². The van der Waals surface area contributed by atoms with Gasteiger partial charge in [0.15, 0.2) is 0 Å². The van der Waals surface area contributed by atoms with Gasteiger partial charge in [-0.25, -0.2) is 0 Å². The summed E-state index contributed by atoms with van der Waals surface area (Å²) in [5.74, 6) is 0. The molecular formula is C14H32O5. The van der Waals surface area contributed by atoms with E-state index in [0.29, 0.717) is 18.8 Å². The first-order chi connectivity index (χ1) is 8.93. The van der Waals surface area contributed by atoms with E-state index in [1.165, 1.54) is 12.8 Å². The Balaban J connectivity index is 0. The van der Waals surface area contributed by atoms with Crippen molar-refractivity contribution in [1.82, 2.24) is 0 Å². The van der Waals surface area contributed by atoms with Crippen LogP contribution in [-0.2, 0) is 14.2 Å². The maximum Gasteiger partial charge on any atom is 0.0809 e. The number of aliphatic hydroxyl groups excluding tert-OH is 2. The minimum atomic E-state index is -0.167. The Hall–Kier alpha value is -0.200. The molecule has 1 unspecified atom stereocenters.